The number of thiocarbonyl (C=S) groups is 1. The highest BCUT2D eigenvalue weighted by molar-refractivity contribution is 7.80. The topological polar surface area (TPSA) is 79.6 Å². The fourth-order valence-corrected chi connectivity index (χ4v) is 4.93. The van der Waals surface area contributed by atoms with E-state index in [1.54, 1.807) is 25.4 Å². The number of nitrogens with zero attached hydrogens (tertiary/aromatic N) is 3. The van der Waals surface area contributed by atoms with Crippen LogP contribution in [-0.4, -0.2) is 50.9 Å². The van der Waals surface area contributed by atoms with Gasteiger partial charge in [0.2, 0.25) is 0 Å². The Morgan fingerprint density at radius 2 is 1.97 bits per heavy atom. The number of benzene rings is 1. The van der Waals surface area contributed by atoms with E-state index in [4.69, 9.17) is 17.0 Å². The summed E-state index contributed by atoms with van der Waals surface area (Å²) < 4.78 is 7.43. The van der Waals surface area contributed by atoms with Gasteiger partial charge >= 0.3 is 5.97 Å². The lowest BCUT2D eigenvalue weighted by molar-refractivity contribution is 0.0697. The van der Waals surface area contributed by atoms with E-state index in [0.717, 1.165) is 41.3 Å². The molecule has 1 aliphatic heterocycles. The quantitative estimate of drug-likeness (QED) is 0.382. The zero-order chi connectivity index (χ0) is 23.5. The molecule has 0 unspecified atom stereocenters. The molecule has 2 atom stereocenters. The van der Waals surface area contributed by atoms with Gasteiger partial charge in [0, 0.05) is 43.5 Å². The minimum Gasteiger partial charge on any atom is -0.478 e. The Bertz CT molecular complexity index is 1140. The van der Waals surface area contributed by atoms with E-state index in [2.05, 4.69) is 39.7 Å². The van der Waals surface area contributed by atoms with Crippen LogP contribution in [0.4, 0.5) is 0 Å². The van der Waals surface area contributed by atoms with Gasteiger partial charge in [-0.1, -0.05) is 6.07 Å². The van der Waals surface area contributed by atoms with E-state index in [1.165, 1.54) is 0 Å². The lowest BCUT2D eigenvalue weighted by Gasteiger charge is -2.28. The van der Waals surface area contributed by atoms with E-state index in [0.29, 0.717) is 11.7 Å². The first-order chi connectivity index (χ1) is 15.9. The number of aromatic nitrogens is 2. The van der Waals surface area contributed by atoms with Crippen LogP contribution in [0.5, 0.6) is 0 Å². The van der Waals surface area contributed by atoms with Crippen LogP contribution in [0.3, 0.4) is 0 Å². The van der Waals surface area contributed by atoms with E-state index in [1.807, 2.05) is 30.3 Å². The van der Waals surface area contributed by atoms with Crippen LogP contribution in [0.2, 0.25) is 0 Å². The Morgan fingerprint density at radius 1 is 1.21 bits per heavy atom. The molecule has 7 nitrogen and oxygen atoms in total. The molecular formula is C25H28N4O3S. The summed E-state index contributed by atoms with van der Waals surface area (Å²) in [6.45, 7) is 5.59. The number of ether oxygens (including phenoxy) is 1. The maximum atomic E-state index is 11.3. The van der Waals surface area contributed by atoms with Crippen molar-refractivity contribution in [1.82, 2.24) is 19.8 Å². The Hall–Kier alpha value is -3.23. The minimum atomic E-state index is -0.932. The molecule has 2 N–H and O–H groups in total. The van der Waals surface area contributed by atoms with Crippen LogP contribution in [-0.2, 0) is 4.74 Å². The standard InChI is InChI=1S/C25H28N4O3S/c1-16-15-20(17(2)29(16)19-10-8-18(9-11-19)24(30)31)23-22(21-7-4-5-12-26-21)27-25(33)28(23)13-6-14-32-3/h4-5,7-12,15,22-23H,6,13-14H2,1-3H3,(H,27,33)(H,30,31)/t22-,23+/m1/s1. The Labute approximate surface area is 199 Å². The second-order valence-electron chi connectivity index (χ2n) is 8.18. The summed E-state index contributed by atoms with van der Waals surface area (Å²) in [6.07, 6.45) is 2.66. The van der Waals surface area contributed by atoms with Crippen LogP contribution >= 0.6 is 12.2 Å². The number of carboxylic acid groups (broad SMARTS) is 1. The smallest absolute Gasteiger partial charge is 0.335 e. The second-order valence-corrected chi connectivity index (χ2v) is 8.57. The first kappa shape index (κ1) is 22.9. The molecule has 1 aliphatic rings. The number of carboxylic acids is 1. The van der Waals surface area contributed by atoms with Crippen molar-refractivity contribution >= 4 is 23.3 Å². The predicted octanol–water partition coefficient (Wildman–Crippen LogP) is 4.20. The van der Waals surface area contributed by atoms with E-state index in [9.17, 15) is 9.90 Å². The number of rotatable bonds is 8. The lowest BCUT2D eigenvalue weighted by Crippen LogP contribution is -2.31. The molecule has 3 aromatic rings. The van der Waals surface area contributed by atoms with Gasteiger partial charge in [0.25, 0.3) is 0 Å². The summed E-state index contributed by atoms with van der Waals surface area (Å²) in [7, 11) is 1.71. The van der Waals surface area contributed by atoms with Gasteiger partial charge in [-0.2, -0.15) is 0 Å². The molecule has 0 saturated carbocycles. The average molecular weight is 465 g/mol. The molecule has 8 heteroatoms. The highest BCUT2D eigenvalue weighted by Gasteiger charge is 2.41. The van der Waals surface area contributed by atoms with Crippen molar-refractivity contribution in [2.45, 2.75) is 32.4 Å². The van der Waals surface area contributed by atoms with Crippen LogP contribution in [0.1, 0.15) is 51.5 Å². The highest BCUT2D eigenvalue weighted by atomic mass is 32.1. The minimum absolute atomic E-state index is 0.0255. The largest absolute Gasteiger partial charge is 0.478 e. The third-order valence-corrected chi connectivity index (χ3v) is 6.46. The number of pyridine rings is 1. The molecule has 0 spiro atoms. The van der Waals surface area contributed by atoms with Crippen molar-refractivity contribution in [2.24, 2.45) is 0 Å². The Balaban J connectivity index is 1.76. The molecule has 1 saturated heterocycles. The van der Waals surface area contributed by atoms with E-state index < -0.39 is 5.97 Å². The van der Waals surface area contributed by atoms with Gasteiger partial charge in [-0.05, 0) is 80.5 Å². The number of hydrogen-bond acceptors (Lipinski definition) is 4. The molecule has 33 heavy (non-hydrogen) atoms. The fraction of sp³-hybridized carbons (Fsp3) is 0.320. The zero-order valence-electron chi connectivity index (χ0n) is 19.0. The Kier molecular flexibility index (Phi) is 6.76. The summed E-state index contributed by atoms with van der Waals surface area (Å²) in [5.74, 6) is -0.932. The number of aryl methyl sites for hydroxylation is 1. The van der Waals surface area contributed by atoms with Crippen LogP contribution < -0.4 is 5.32 Å². The SMILES string of the molecule is COCCCN1C(=S)N[C@H](c2ccccn2)[C@@H]1c1cc(C)n(-c2ccc(C(=O)O)cc2)c1C. The molecule has 172 valence electrons. The number of carbonyl (C=O) groups is 1. The van der Waals surface area contributed by atoms with Crippen molar-refractivity contribution in [3.05, 3.63) is 82.9 Å². The third kappa shape index (κ3) is 4.49. The molecule has 0 bridgehead atoms. The predicted molar refractivity (Wildman–Crippen MR) is 131 cm³/mol. The summed E-state index contributed by atoms with van der Waals surface area (Å²) in [5.41, 5.74) is 5.45. The Morgan fingerprint density at radius 3 is 2.61 bits per heavy atom. The van der Waals surface area contributed by atoms with E-state index in [-0.39, 0.29) is 17.6 Å². The summed E-state index contributed by atoms with van der Waals surface area (Å²) in [5, 5.41) is 13.4. The maximum Gasteiger partial charge on any atom is 0.335 e. The van der Waals surface area contributed by atoms with Gasteiger partial charge in [0.1, 0.15) is 0 Å². The number of methoxy groups -OCH3 is 1. The van der Waals surface area contributed by atoms with Gasteiger partial charge in [-0.25, -0.2) is 4.79 Å². The summed E-state index contributed by atoms with van der Waals surface area (Å²) in [6, 6.07) is 15.0. The van der Waals surface area contributed by atoms with Gasteiger partial charge < -0.3 is 24.6 Å². The summed E-state index contributed by atoms with van der Waals surface area (Å²) in [4.78, 5) is 18.1. The number of hydrogen-bond donors (Lipinski definition) is 2. The van der Waals surface area contributed by atoms with E-state index >= 15 is 0 Å². The van der Waals surface area contributed by atoms with Crippen molar-refractivity contribution < 1.29 is 14.6 Å². The molecule has 3 heterocycles. The number of nitrogens with one attached hydrogen (secondary N) is 1. The number of aromatic carboxylic acids is 1. The molecule has 2 aromatic heterocycles. The average Bonchev–Trinajstić information content (AvgIpc) is 3.29. The van der Waals surface area contributed by atoms with Crippen LogP contribution in [0.25, 0.3) is 5.69 Å². The lowest BCUT2D eigenvalue weighted by atomic mass is 9.96. The van der Waals surface area contributed by atoms with Crippen LogP contribution in [0.15, 0.2) is 54.7 Å². The highest BCUT2D eigenvalue weighted by Crippen LogP contribution is 2.41. The van der Waals surface area contributed by atoms with Crippen molar-refractivity contribution in [3.63, 3.8) is 0 Å². The molecule has 1 fully saturated rings. The summed E-state index contributed by atoms with van der Waals surface area (Å²) >= 11 is 5.74. The molecule has 0 aliphatic carbocycles. The monoisotopic (exact) mass is 464 g/mol. The molecule has 0 radical (unpaired) electrons. The van der Waals surface area contributed by atoms with Crippen molar-refractivity contribution in [2.75, 3.05) is 20.3 Å². The van der Waals surface area contributed by atoms with Gasteiger partial charge in [0.15, 0.2) is 5.11 Å². The molecular weight excluding hydrogens is 436 g/mol. The third-order valence-electron chi connectivity index (χ3n) is 6.11. The molecule has 0 amide bonds. The zero-order valence-corrected chi connectivity index (χ0v) is 19.8. The molecule has 4 rings (SSSR count). The van der Waals surface area contributed by atoms with Crippen LogP contribution in [0, 0.1) is 13.8 Å². The fourth-order valence-electron chi connectivity index (χ4n) is 4.60. The second kappa shape index (κ2) is 9.72. The first-order valence-corrected chi connectivity index (χ1v) is 11.3. The normalized spacial score (nSPS) is 17.9. The first-order valence-electron chi connectivity index (χ1n) is 10.9. The van der Waals surface area contributed by atoms with Gasteiger partial charge in [-0.3, -0.25) is 4.98 Å². The van der Waals surface area contributed by atoms with Gasteiger partial charge in [0.05, 0.1) is 23.3 Å². The molecule has 1 aromatic carbocycles. The maximum absolute atomic E-state index is 11.3. The van der Waals surface area contributed by atoms with Crippen molar-refractivity contribution in [1.29, 1.82) is 0 Å². The van der Waals surface area contributed by atoms with Crippen molar-refractivity contribution in [3.8, 4) is 5.69 Å². The van der Waals surface area contributed by atoms with Gasteiger partial charge in [-0.15, -0.1) is 0 Å².